The molecular formula is C26H35N5O2. The average molecular weight is 450 g/mol. The molecule has 0 bridgehead atoms. The summed E-state index contributed by atoms with van der Waals surface area (Å²) in [5.74, 6) is 0.963. The van der Waals surface area contributed by atoms with Crippen LogP contribution in [-0.2, 0) is 17.8 Å². The predicted octanol–water partition coefficient (Wildman–Crippen LogP) is 4.15. The highest BCUT2D eigenvalue weighted by molar-refractivity contribution is 5.76. The highest BCUT2D eigenvalue weighted by Gasteiger charge is 2.29. The van der Waals surface area contributed by atoms with Crippen LogP contribution in [-0.4, -0.2) is 45.1 Å². The van der Waals surface area contributed by atoms with Gasteiger partial charge in [0.1, 0.15) is 5.75 Å². The monoisotopic (exact) mass is 449 g/mol. The van der Waals surface area contributed by atoms with Crippen LogP contribution < -0.4 is 10.1 Å². The molecule has 0 radical (unpaired) electrons. The van der Waals surface area contributed by atoms with E-state index in [4.69, 9.17) is 14.8 Å². The molecule has 7 heteroatoms. The quantitative estimate of drug-likeness (QED) is 0.559. The Morgan fingerprint density at radius 3 is 2.85 bits per heavy atom. The van der Waals surface area contributed by atoms with Crippen molar-refractivity contribution in [2.75, 3.05) is 13.7 Å². The zero-order valence-electron chi connectivity index (χ0n) is 20.4. The number of nitrogens with zero attached hydrogens (tertiary/aromatic N) is 4. The van der Waals surface area contributed by atoms with E-state index in [-0.39, 0.29) is 18.0 Å². The number of aromatic nitrogens is 3. The summed E-state index contributed by atoms with van der Waals surface area (Å²) >= 11 is 0. The van der Waals surface area contributed by atoms with Crippen molar-refractivity contribution in [2.45, 2.75) is 72.0 Å². The Morgan fingerprint density at radius 1 is 1.27 bits per heavy atom. The van der Waals surface area contributed by atoms with E-state index in [1.165, 1.54) is 5.56 Å². The first kappa shape index (κ1) is 23.2. The van der Waals surface area contributed by atoms with Crippen molar-refractivity contribution in [2.24, 2.45) is 0 Å². The molecule has 1 fully saturated rings. The van der Waals surface area contributed by atoms with E-state index in [1.54, 1.807) is 7.11 Å². The van der Waals surface area contributed by atoms with E-state index in [2.05, 4.69) is 35.3 Å². The number of aryl methyl sites for hydroxylation is 2. The molecular weight excluding hydrogens is 414 g/mol. The fraction of sp³-hybridized carbons (Fsp3) is 0.500. The SMILES string of the molecule is COc1cccc(CN2CCC[C@H]2c2cc3nc(C)c(CCC(=O)NC(C)C)c(C)n3n2)c1. The highest BCUT2D eigenvalue weighted by atomic mass is 16.5. The third-order valence-electron chi connectivity index (χ3n) is 6.46. The zero-order valence-corrected chi connectivity index (χ0v) is 20.4. The maximum atomic E-state index is 12.2. The standard InChI is InChI=1S/C26H35N5O2/c1-17(2)27-26(32)12-11-22-18(3)28-25-15-23(29-31(25)19(22)4)24-10-7-13-30(24)16-20-8-6-9-21(14-20)33-5/h6,8-9,14-15,17,24H,7,10-13,16H2,1-5H3,(H,27,32)/t24-/m0/s1. The number of hydrogen-bond donors (Lipinski definition) is 1. The number of carbonyl (C=O) groups excluding carboxylic acids is 1. The van der Waals surface area contributed by atoms with Crippen LogP contribution in [0.2, 0.25) is 0 Å². The first-order chi connectivity index (χ1) is 15.9. The van der Waals surface area contributed by atoms with E-state index in [0.29, 0.717) is 12.8 Å². The molecule has 1 aromatic carbocycles. The molecule has 4 rings (SSSR count). The average Bonchev–Trinajstić information content (AvgIpc) is 3.40. The van der Waals surface area contributed by atoms with E-state index in [0.717, 1.165) is 60.0 Å². The molecule has 1 N–H and O–H groups in total. The fourth-order valence-corrected chi connectivity index (χ4v) is 4.86. The number of benzene rings is 1. The van der Waals surface area contributed by atoms with Crippen LogP contribution in [0, 0.1) is 13.8 Å². The summed E-state index contributed by atoms with van der Waals surface area (Å²) in [5, 5.41) is 7.95. The number of methoxy groups -OCH3 is 1. The van der Waals surface area contributed by atoms with Gasteiger partial charge in [0.25, 0.3) is 0 Å². The lowest BCUT2D eigenvalue weighted by Gasteiger charge is -2.23. The second-order valence-electron chi connectivity index (χ2n) is 9.30. The summed E-state index contributed by atoms with van der Waals surface area (Å²) in [7, 11) is 1.71. The van der Waals surface area contributed by atoms with Crippen molar-refractivity contribution < 1.29 is 9.53 Å². The van der Waals surface area contributed by atoms with Crippen LogP contribution >= 0.6 is 0 Å². The van der Waals surface area contributed by atoms with E-state index < -0.39 is 0 Å². The van der Waals surface area contributed by atoms with Crippen LogP contribution in [0.15, 0.2) is 30.3 Å². The topological polar surface area (TPSA) is 71.8 Å². The van der Waals surface area contributed by atoms with Crippen LogP contribution in [0.5, 0.6) is 5.75 Å². The molecule has 3 heterocycles. The Kier molecular flexibility index (Phi) is 6.98. The van der Waals surface area contributed by atoms with Gasteiger partial charge in [-0.3, -0.25) is 9.69 Å². The number of fused-ring (bicyclic) bond motifs is 1. The molecule has 2 aromatic heterocycles. The minimum absolute atomic E-state index is 0.0733. The molecule has 0 unspecified atom stereocenters. The third kappa shape index (κ3) is 5.19. The minimum atomic E-state index is 0.0733. The van der Waals surface area contributed by atoms with Crippen molar-refractivity contribution in [3.05, 3.63) is 58.5 Å². The number of amides is 1. The summed E-state index contributed by atoms with van der Waals surface area (Å²) in [6, 6.07) is 10.8. The number of carbonyl (C=O) groups is 1. The summed E-state index contributed by atoms with van der Waals surface area (Å²) in [6.07, 6.45) is 3.37. The molecule has 0 aliphatic carbocycles. The molecule has 0 spiro atoms. The smallest absolute Gasteiger partial charge is 0.220 e. The molecule has 1 aliphatic heterocycles. The molecule has 3 aromatic rings. The maximum Gasteiger partial charge on any atom is 0.220 e. The summed E-state index contributed by atoms with van der Waals surface area (Å²) in [6.45, 7) is 9.99. The van der Waals surface area contributed by atoms with E-state index in [1.807, 2.05) is 37.4 Å². The van der Waals surface area contributed by atoms with Gasteiger partial charge >= 0.3 is 0 Å². The maximum absolute atomic E-state index is 12.2. The molecule has 1 aliphatic rings. The van der Waals surface area contributed by atoms with Crippen LogP contribution in [0.4, 0.5) is 0 Å². The van der Waals surface area contributed by atoms with Gasteiger partial charge in [0.15, 0.2) is 5.65 Å². The Balaban J connectivity index is 1.55. The summed E-state index contributed by atoms with van der Waals surface area (Å²) in [5.41, 5.74) is 6.35. The number of nitrogens with one attached hydrogen (secondary N) is 1. The molecule has 7 nitrogen and oxygen atoms in total. The van der Waals surface area contributed by atoms with Crippen molar-refractivity contribution >= 4 is 11.6 Å². The van der Waals surface area contributed by atoms with Crippen LogP contribution in [0.3, 0.4) is 0 Å². The first-order valence-corrected chi connectivity index (χ1v) is 11.9. The van der Waals surface area contributed by atoms with Gasteiger partial charge < -0.3 is 10.1 Å². The highest BCUT2D eigenvalue weighted by Crippen LogP contribution is 2.33. The number of rotatable bonds is 8. The largest absolute Gasteiger partial charge is 0.497 e. The normalized spacial score (nSPS) is 16.6. The lowest BCUT2D eigenvalue weighted by Crippen LogP contribution is -2.30. The molecule has 0 saturated carbocycles. The Bertz CT molecular complexity index is 1140. The summed E-state index contributed by atoms with van der Waals surface area (Å²) in [4.78, 5) is 19.5. The van der Waals surface area contributed by atoms with Crippen molar-refractivity contribution in [3.8, 4) is 5.75 Å². The lowest BCUT2D eigenvalue weighted by molar-refractivity contribution is -0.121. The number of ether oxygens (including phenoxy) is 1. The van der Waals surface area contributed by atoms with E-state index >= 15 is 0 Å². The van der Waals surface area contributed by atoms with Gasteiger partial charge in [-0.25, -0.2) is 9.50 Å². The zero-order chi connectivity index (χ0) is 23.5. The second-order valence-corrected chi connectivity index (χ2v) is 9.30. The van der Waals surface area contributed by atoms with Crippen molar-refractivity contribution in [1.82, 2.24) is 24.8 Å². The molecule has 176 valence electrons. The Hall–Kier alpha value is -2.93. The van der Waals surface area contributed by atoms with Gasteiger partial charge in [0, 0.05) is 36.5 Å². The van der Waals surface area contributed by atoms with Crippen LogP contribution in [0.25, 0.3) is 5.65 Å². The minimum Gasteiger partial charge on any atom is -0.497 e. The first-order valence-electron chi connectivity index (χ1n) is 11.9. The van der Waals surface area contributed by atoms with Gasteiger partial charge in [0.05, 0.1) is 18.8 Å². The lowest BCUT2D eigenvalue weighted by atomic mass is 10.1. The second kappa shape index (κ2) is 9.91. The van der Waals surface area contributed by atoms with Crippen molar-refractivity contribution in [3.63, 3.8) is 0 Å². The number of likely N-dealkylation sites (tertiary alicyclic amines) is 1. The fourth-order valence-electron chi connectivity index (χ4n) is 4.86. The predicted molar refractivity (Wildman–Crippen MR) is 129 cm³/mol. The molecule has 1 amide bonds. The van der Waals surface area contributed by atoms with Crippen molar-refractivity contribution in [1.29, 1.82) is 0 Å². The van der Waals surface area contributed by atoms with E-state index in [9.17, 15) is 4.79 Å². The third-order valence-corrected chi connectivity index (χ3v) is 6.46. The van der Waals surface area contributed by atoms with Gasteiger partial charge in [-0.05, 0) is 76.8 Å². The molecule has 1 atom stereocenters. The molecule has 33 heavy (non-hydrogen) atoms. The number of hydrogen-bond acceptors (Lipinski definition) is 5. The Labute approximate surface area is 196 Å². The van der Waals surface area contributed by atoms with Gasteiger partial charge in [0.2, 0.25) is 5.91 Å². The molecule has 1 saturated heterocycles. The van der Waals surface area contributed by atoms with Gasteiger partial charge in [-0.1, -0.05) is 12.1 Å². The van der Waals surface area contributed by atoms with Gasteiger partial charge in [-0.15, -0.1) is 0 Å². The summed E-state index contributed by atoms with van der Waals surface area (Å²) < 4.78 is 7.35. The Morgan fingerprint density at radius 2 is 2.09 bits per heavy atom. The van der Waals surface area contributed by atoms with Crippen LogP contribution in [0.1, 0.15) is 67.4 Å². The van der Waals surface area contributed by atoms with Gasteiger partial charge in [-0.2, -0.15) is 5.10 Å².